The molecule has 0 heterocycles. The molecular formula is C13H15ClO4S. The fraction of sp³-hybridized carbons (Fsp3) is 0.462. The van der Waals surface area contributed by atoms with Crippen molar-refractivity contribution in [2.45, 2.75) is 31.6 Å². The molecule has 1 aliphatic carbocycles. The Labute approximate surface area is 117 Å². The van der Waals surface area contributed by atoms with E-state index in [4.69, 9.17) is 15.4 Å². The first kappa shape index (κ1) is 14.3. The van der Waals surface area contributed by atoms with Crippen molar-refractivity contribution in [2.75, 3.05) is 6.61 Å². The number of carbonyl (C=O) groups is 1. The fourth-order valence-electron chi connectivity index (χ4n) is 1.73. The zero-order chi connectivity index (χ0) is 14.2. The molecule has 0 aliphatic heterocycles. The van der Waals surface area contributed by atoms with Crippen molar-refractivity contribution >= 4 is 25.7 Å². The number of carbonyl (C=O) groups excluding carboxylic acids is 1. The number of benzene rings is 1. The van der Waals surface area contributed by atoms with Gasteiger partial charge < -0.3 is 4.74 Å². The number of ether oxygens (including phenoxy) is 1. The van der Waals surface area contributed by atoms with E-state index in [1.54, 1.807) is 13.8 Å². The van der Waals surface area contributed by atoms with Gasteiger partial charge in [0.15, 0.2) is 0 Å². The van der Waals surface area contributed by atoms with Crippen molar-refractivity contribution in [3.63, 3.8) is 0 Å². The monoisotopic (exact) mass is 302 g/mol. The largest absolute Gasteiger partial charge is 0.462 e. The third-order valence-electron chi connectivity index (χ3n) is 3.29. The molecule has 0 bridgehead atoms. The predicted octanol–water partition coefficient (Wildman–Crippen LogP) is 2.80. The number of halogens is 1. The van der Waals surface area contributed by atoms with Crippen LogP contribution in [-0.2, 0) is 13.8 Å². The maximum absolute atomic E-state index is 12.0. The highest BCUT2D eigenvalue weighted by Crippen LogP contribution is 2.29. The molecule has 0 N–H and O–H groups in total. The first-order valence-electron chi connectivity index (χ1n) is 6.02. The van der Waals surface area contributed by atoms with Crippen LogP contribution in [0.4, 0.5) is 0 Å². The minimum atomic E-state index is -3.85. The first-order valence-corrected chi connectivity index (χ1v) is 8.33. The molecule has 4 nitrogen and oxygen atoms in total. The van der Waals surface area contributed by atoms with Crippen LogP contribution in [0.3, 0.4) is 0 Å². The summed E-state index contributed by atoms with van der Waals surface area (Å²) in [6.45, 7) is 3.89. The van der Waals surface area contributed by atoms with Crippen LogP contribution in [0.2, 0.25) is 0 Å². The molecule has 2 rings (SSSR count). The van der Waals surface area contributed by atoms with E-state index in [0.717, 1.165) is 12.8 Å². The molecule has 1 fully saturated rings. The Morgan fingerprint density at radius 3 is 2.53 bits per heavy atom. The van der Waals surface area contributed by atoms with Gasteiger partial charge in [-0.15, -0.1) is 0 Å². The lowest BCUT2D eigenvalue weighted by Gasteiger charge is -2.10. The lowest BCUT2D eigenvalue weighted by atomic mass is 10.0. The Bertz CT molecular complexity index is 618. The van der Waals surface area contributed by atoms with Crippen LogP contribution in [0.25, 0.3) is 0 Å². The van der Waals surface area contributed by atoms with Crippen LogP contribution in [0.1, 0.15) is 34.3 Å². The van der Waals surface area contributed by atoms with Crippen molar-refractivity contribution in [2.24, 2.45) is 5.92 Å². The molecule has 6 heteroatoms. The number of hydrogen-bond donors (Lipinski definition) is 0. The highest BCUT2D eigenvalue weighted by molar-refractivity contribution is 8.13. The summed E-state index contributed by atoms with van der Waals surface area (Å²) in [5, 5.41) is 0. The molecule has 0 amide bonds. The quantitative estimate of drug-likeness (QED) is 0.634. The van der Waals surface area contributed by atoms with Crippen LogP contribution < -0.4 is 0 Å². The minimum Gasteiger partial charge on any atom is -0.462 e. The molecule has 0 atom stereocenters. The third kappa shape index (κ3) is 3.48. The molecule has 19 heavy (non-hydrogen) atoms. The Hall–Kier alpha value is -1.07. The van der Waals surface area contributed by atoms with Gasteiger partial charge in [-0.2, -0.15) is 0 Å². The molecule has 1 aromatic rings. The highest BCUT2D eigenvalue weighted by Gasteiger charge is 2.24. The summed E-state index contributed by atoms with van der Waals surface area (Å²) in [6.07, 6.45) is 2.17. The summed E-state index contributed by atoms with van der Waals surface area (Å²) in [6, 6.07) is 2.73. The second kappa shape index (κ2) is 5.13. The molecule has 0 unspecified atom stereocenters. The second-order valence-corrected chi connectivity index (χ2v) is 7.46. The Morgan fingerprint density at radius 2 is 2.00 bits per heavy atom. The van der Waals surface area contributed by atoms with E-state index in [9.17, 15) is 13.2 Å². The van der Waals surface area contributed by atoms with Crippen LogP contribution in [0.15, 0.2) is 17.0 Å². The highest BCUT2D eigenvalue weighted by atomic mass is 35.7. The number of esters is 1. The smallest absolute Gasteiger partial charge is 0.338 e. The molecule has 1 aliphatic rings. The Balaban J connectivity index is 2.31. The van der Waals surface area contributed by atoms with Gasteiger partial charge in [-0.25, -0.2) is 13.2 Å². The van der Waals surface area contributed by atoms with Gasteiger partial charge in [0.2, 0.25) is 0 Å². The lowest BCUT2D eigenvalue weighted by Crippen LogP contribution is -2.11. The molecule has 1 saturated carbocycles. The van der Waals surface area contributed by atoms with E-state index in [0.29, 0.717) is 23.7 Å². The Morgan fingerprint density at radius 1 is 1.37 bits per heavy atom. The molecular weight excluding hydrogens is 288 g/mol. The van der Waals surface area contributed by atoms with Crippen LogP contribution >= 0.6 is 10.7 Å². The topological polar surface area (TPSA) is 60.4 Å². The predicted molar refractivity (Wildman–Crippen MR) is 72.0 cm³/mol. The van der Waals surface area contributed by atoms with E-state index >= 15 is 0 Å². The maximum Gasteiger partial charge on any atom is 0.338 e. The number of rotatable bonds is 4. The Kier molecular flexibility index (Phi) is 3.87. The normalized spacial score (nSPS) is 15.3. The molecule has 0 saturated heterocycles. The summed E-state index contributed by atoms with van der Waals surface area (Å²) >= 11 is 0. The standard InChI is InChI=1S/C13H15ClO4S/c1-8-5-11(19(14,16)17)6-12(9(8)2)13(15)18-7-10-3-4-10/h5-6,10H,3-4,7H2,1-2H3. The summed E-state index contributed by atoms with van der Waals surface area (Å²) < 4.78 is 27.9. The van der Waals surface area contributed by atoms with Gasteiger partial charge in [-0.1, -0.05) is 0 Å². The van der Waals surface area contributed by atoms with Crippen LogP contribution in [0.5, 0.6) is 0 Å². The van der Waals surface area contributed by atoms with Gasteiger partial charge in [-0.05, 0) is 55.9 Å². The van der Waals surface area contributed by atoms with Crippen molar-refractivity contribution in [1.29, 1.82) is 0 Å². The molecule has 0 radical (unpaired) electrons. The van der Waals surface area contributed by atoms with E-state index < -0.39 is 15.0 Å². The van der Waals surface area contributed by atoms with Gasteiger partial charge in [0.1, 0.15) is 0 Å². The maximum atomic E-state index is 12.0. The first-order chi connectivity index (χ1) is 8.79. The van der Waals surface area contributed by atoms with Crippen LogP contribution in [0, 0.1) is 19.8 Å². The fourth-order valence-corrected chi connectivity index (χ4v) is 2.58. The van der Waals surface area contributed by atoms with Gasteiger partial charge in [0.25, 0.3) is 9.05 Å². The van der Waals surface area contributed by atoms with Crippen molar-refractivity contribution in [1.82, 2.24) is 0 Å². The van der Waals surface area contributed by atoms with Gasteiger partial charge in [-0.3, -0.25) is 0 Å². The summed E-state index contributed by atoms with van der Waals surface area (Å²) in [7, 11) is 1.46. The van der Waals surface area contributed by atoms with E-state index in [-0.39, 0.29) is 10.5 Å². The molecule has 0 spiro atoms. The average molecular weight is 303 g/mol. The number of aryl methyl sites for hydroxylation is 1. The van der Waals surface area contributed by atoms with Crippen molar-refractivity contribution in [3.05, 3.63) is 28.8 Å². The zero-order valence-electron chi connectivity index (χ0n) is 10.8. The summed E-state index contributed by atoms with van der Waals surface area (Å²) in [5.74, 6) is -0.0278. The lowest BCUT2D eigenvalue weighted by molar-refractivity contribution is 0.0485. The minimum absolute atomic E-state index is 0.0735. The second-order valence-electron chi connectivity index (χ2n) is 4.89. The van der Waals surface area contributed by atoms with Gasteiger partial charge >= 0.3 is 5.97 Å². The van der Waals surface area contributed by atoms with E-state index in [1.807, 2.05) is 0 Å². The summed E-state index contributed by atoms with van der Waals surface area (Å²) in [5.41, 5.74) is 1.67. The zero-order valence-corrected chi connectivity index (χ0v) is 12.3. The molecule has 1 aromatic carbocycles. The molecule has 104 valence electrons. The molecule has 0 aromatic heterocycles. The van der Waals surface area contributed by atoms with E-state index in [1.165, 1.54) is 12.1 Å². The van der Waals surface area contributed by atoms with Crippen LogP contribution in [-0.4, -0.2) is 21.0 Å². The van der Waals surface area contributed by atoms with E-state index in [2.05, 4.69) is 0 Å². The van der Waals surface area contributed by atoms with Gasteiger partial charge in [0, 0.05) is 10.7 Å². The van der Waals surface area contributed by atoms with Gasteiger partial charge in [0.05, 0.1) is 17.1 Å². The summed E-state index contributed by atoms with van der Waals surface area (Å²) in [4.78, 5) is 11.9. The number of hydrogen-bond acceptors (Lipinski definition) is 4. The van der Waals surface area contributed by atoms with Crippen molar-refractivity contribution in [3.8, 4) is 0 Å². The van der Waals surface area contributed by atoms with Crippen molar-refractivity contribution < 1.29 is 17.9 Å². The SMILES string of the molecule is Cc1cc(S(=O)(=O)Cl)cc(C(=O)OCC2CC2)c1C. The average Bonchev–Trinajstić information content (AvgIpc) is 3.11. The third-order valence-corrected chi connectivity index (χ3v) is 4.62.